The molecule has 2 rings (SSSR count). The van der Waals surface area contributed by atoms with E-state index in [0.29, 0.717) is 23.2 Å². The van der Waals surface area contributed by atoms with E-state index in [-0.39, 0.29) is 6.61 Å². The van der Waals surface area contributed by atoms with E-state index in [4.69, 9.17) is 27.9 Å². The van der Waals surface area contributed by atoms with E-state index in [2.05, 4.69) is 5.32 Å². The molecule has 3 nitrogen and oxygen atoms in total. The largest absolute Gasteiger partial charge is 0.389 e. The Morgan fingerprint density at radius 3 is 2.65 bits per heavy atom. The Kier molecular flexibility index (Phi) is 6.13. The topological polar surface area (TPSA) is 41.5 Å². The Hall–Kier alpha value is -0.780. The number of thiophene rings is 1. The molecule has 1 heterocycles. The summed E-state index contributed by atoms with van der Waals surface area (Å²) in [5.41, 5.74) is 0.778. The first kappa shape index (κ1) is 15.6. The van der Waals surface area contributed by atoms with Gasteiger partial charge in [-0.05, 0) is 29.6 Å². The molecular formula is C14H15Cl2NO2S. The fraction of sp³-hybridized carbons (Fsp3) is 0.286. The molecule has 0 saturated carbocycles. The number of halogens is 2. The molecule has 0 fully saturated rings. The van der Waals surface area contributed by atoms with Crippen LogP contribution in [0.1, 0.15) is 4.88 Å². The highest BCUT2D eigenvalue weighted by Gasteiger charge is 2.05. The maximum atomic E-state index is 9.83. The fourth-order valence-corrected chi connectivity index (χ4v) is 2.81. The molecule has 2 N–H and O–H groups in total. The molecule has 1 atom stereocenters. The average Bonchev–Trinajstić information content (AvgIpc) is 2.88. The van der Waals surface area contributed by atoms with E-state index < -0.39 is 6.10 Å². The SMILES string of the molecule is OC(CNc1cc(Cl)cc(Cl)c1)COCc1cccs1. The van der Waals surface area contributed by atoms with Gasteiger partial charge in [-0.2, -0.15) is 0 Å². The van der Waals surface area contributed by atoms with Crippen LogP contribution < -0.4 is 5.32 Å². The normalized spacial score (nSPS) is 12.3. The van der Waals surface area contributed by atoms with E-state index in [1.54, 1.807) is 29.5 Å². The van der Waals surface area contributed by atoms with Gasteiger partial charge in [0.15, 0.2) is 0 Å². The second kappa shape index (κ2) is 7.86. The molecule has 1 aromatic heterocycles. The summed E-state index contributed by atoms with van der Waals surface area (Å²) in [5.74, 6) is 0. The molecule has 0 amide bonds. The van der Waals surface area contributed by atoms with Crippen LogP contribution in [0.15, 0.2) is 35.7 Å². The molecule has 0 saturated heterocycles. The minimum absolute atomic E-state index is 0.277. The number of aliphatic hydroxyl groups excluding tert-OH is 1. The minimum atomic E-state index is -0.590. The number of rotatable bonds is 7. The maximum Gasteiger partial charge on any atom is 0.0945 e. The molecule has 20 heavy (non-hydrogen) atoms. The lowest BCUT2D eigenvalue weighted by Crippen LogP contribution is -2.24. The Balaban J connectivity index is 1.70. The third-order valence-corrected chi connectivity index (χ3v) is 3.83. The molecule has 0 aliphatic carbocycles. The van der Waals surface area contributed by atoms with Gasteiger partial charge in [0.05, 0.1) is 19.3 Å². The minimum Gasteiger partial charge on any atom is -0.389 e. The second-order valence-electron chi connectivity index (χ2n) is 4.29. The molecule has 0 spiro atoms. The number of ether oxygens (including phenoxy) is 1. The Labute approximate surface area is 132 Å². The van der Waals surface area contributed by atoms with Crippen molar-refractivity contribution in [1.82, 2.24) is 0 Å². The predicted molar refractivity (Wildman–Crippen MR) is 84.9 cm³/mol. The van der Waals surface area contributed by atoms with E-state index in [9.17, 15) is 5.11 Å². The van der Waals surface area contributed by atoms with Crippen LogP contribution in [0.2, 0.25) is 10.0 Å². The Bertz CT molecular complexity index is 514. The number of benzene rings is 1. The molecular weight excluding hydrogens is 317 g/mol. The van der Waals surface area contributed by atoms with Gasteiger partial charge in [0.2, 0.25) is 0 Å². The van der Waals surface area contributed by atoms with Crippen LogP contribution in [-0.4, -0.2) is 24.4 Å². The highest BCUT2D eigenvalue weighted by Crippen LogP contribution is 2.22. The van der Waals surface area contributed by atoms with E-state index in [0.717, 1.165) is 10.6 Å². The third kappa shape index (κ3) is 5.31. The first-order valence-electron chi connectivity index (χ1n) is 6.11. The molecule has 6 heteroatoms. The summed E-state index contributed by atoms with van der Waals surface area (Å²) >= 11 is 13.4. The van der Waals surface area contributed by atoms with E-state index in [1.807, 2.05) is 17.5 Å². The van der Waals surface area contributed by atoms with Crippen molar-refractivity contribution in [1.29, 1.82) is 0 Å². The number of aliphatic hydroxyl groups is 1. The van der Waals surface area contributed by atoms with Crippen LogP contribution in [0.4, 0.5) is 5.69 Å². The lowest BCUT2D eigenvalue weighted by Gasteiger charge is -2.13. The van der Waals surface area contributed by atoms with E-state index >= 15 is 0 Å². The van der Waals surface area contributed by atoms with Crippen molar-refractivity contribution in [2.75, 3.05) is 18.5 Å². The molecule has 108 valence electrons. The smallest absolute Gasteiger partial charge is 0.0945 e. The Morgan fingerprint density at radius 1 is 1.25 bits per heavy atom. The molecule has 0 bridgehead atoms. The standard InChI is InChI=1S/C14H15Cl2NO2S/c15-10-4-11(16)6-12(5-10)17-7-13(18)8-19-9-14-2-1-3-20-14/h1-6,13,17-18H,7-9H2. The van der Waals surface area contributed by atoms with Gasteiger partial charge in [0, 0.05) is 27.2 Å². The van der Waals surface area contributed by atoms with Gasteiger partial charge in [0.25, 0.3) is 0 Å². The van der Waals surface area contributed by atoms with Crippen molar-refractivity contribution in [2.45, 2.75) is 12.7 Å². The van der Waals surface area contributed by atoms with Crippen LogP contribution in [0.3, 0.4) is 0 Å². The molecule has 1 aromatic carbocycles. The monoisotopic (exact) mass is 331 g/mol. The van der Waals surface area contributed by atoms with Gasteiger partial charge in [-0.15, -0.1) is 11.3 Å². The van der Waals surface area contributed by atoms with Crippen LogP contribution in [0.25, 0.3) is 0 Å². The lowest BCUT2D eigenvalue weighted by molar-refractivity contribution is 0.0359. The van der Waals surface area contributed by atoms with Gasteiger partial charge in [-0.1, -0.05) is 29.3 Å². The molecule has 0 aliphatic rings. The van der Waals surface area contributed by atoms with Crippen molar-refractivity contribution >= 4 is 40.2 Å². The van der Waals surface area contributed by atoms with Crippen LogP contribution in [0.5, 0.6) is 0 Å². The number of hydrogen-bond donors (Lipinski definition) is 2. The third-order valence-electron chi connectivity index (χ3n) is 2.54. The van der Waals surface area contributed by atoms with E-state index in [1.165, 1.54) is 0 Å². The first-order chi connectivity index (χ1) is 9.63. The number of hydrogen-bond acceptors (Lipinski definition) is 4. The zero-order valence-electron chi connectivity index (χ0n) is 10.7. The maximum absolute atomic E-state index is 9.83. The van der Waals surface area contributed by atoms with Crippen molar-refractivity contribution in [3.8, 4) is 0 Å². The van der Waals surface area contributed by atoms with Gasteiger partial charge >= 0.3 is 0 Å². The summed E-state index contributed by atoms with van der Waals surface area (Å²) in [4.78, 5) is 1.15. The Morgan fingerprint density at radius 2 is 2.00 bits per heavy atom. The summed E-state index contributed by atoms with van der Waals surface area (Å²) in [6, 6.07) is 9.15. The summed E-state index contributed by atoms with van der Waals surface area (Å²) < 4.78 is 5.44. The van der Waals surface area contributed by atoms with Crippen molar-refractivity contribution < 1.29 is 9.84 Å². The molecule has 0 aliphatic heterocycles. The molecule has 0 radical (unpaired) electrons. The van der Waals surface area contributed by atoms with Crippen LogP contribution in [-0.2, 0) is 11.3 Å². The second-order valence-corrected chi connectivity index (χ2v) is 6.19. The van der Waals surface area contributed by atoms with Crippen molar-refractivity contribution in [3.05, 3.63) is 50.6 Å². The predicted octanol–water partition coefficient (Wildman–Crippen LogP) is 4.04. The highest BCUT2D eigenvalue weighted by atomic mass is 35.5. The number of anilines is 1. The zero-order chi connectivity index (χ0) is 14.4. The summed E-state index contributed by atoms with van der Waals surface area (Å²) in [7, 11) is 0. The van der Waals surface area contributed by atoms with Gasteiger partial charge < -0.3 is 15.2 Å². The zero-order valence-corrected chi connectivity index (χ0v) is 13.0. The summed E-state index contributed by atoms with van der Waals surface area (Å²) in [5, 5.41) is 16.0. The lowest BCUT2D eigenvalue weighted by atomic mass is 10.3. The summed E-state index contributed by atoms with van der Waals surface area (Å²) in [6.45, 7) is 1.18. The number of nitrogens with one attached hydrogen (secondary N) is 1. The highest BCUT2D eigenvalue weighted by molar-refractivity contribution is 7.09. The fourth-order valence-electron chi connectivity index (χ4n) is 1.64. The van der Waals surface area contributed by atoms with Gasteiger partial charge in [-0.3, -0.25) is 0 Å². The van der Waals surface area contributed by atoms with Gasteiger partial charge in [0.1, 0.15) is 0 Å². The molecule has 1 unspecified atom stereocenters. The van der Waals surface area contributed by atoms with Gasteiger partial charge in [-0.25, -0.2) is 0 Å². The quantitative estimate of drug-likeness (QED) is 0.804. The molecule has 2 aromatic rings. The van der Waals surface area contributed by atoms with Crippen molar-refractivity contribution in [3.63, 3.8) is 0 Å². The van der Waals surface area contributed by atoms with Crippen LogP contribution >= 0.6 is 34.5 Å². The van der Waals surface area contributed by atoms with Crippen LogP contribution in [0, 0.1) is 0 Å². The summed E-state index contributed by atoms with van der Waals surface area (Å²) in [6.07, 6.45) is -0.590. The van der Waals surface area contributed by atoms with Crippen molar-refractivity contribution in [2.24, 2.45) is 0 Å². The first-order valence-corrected chi connectivity index (χ1v) is 7.75. The average molecular weight is 332 g/mol.